The molecule has 3 atom stereocenters. The third-order valence-electron chi connectivity index (χ3n) is 7.23. The summed E-state index contributed by atoms with van der Waals surface area (Å²) < 4.78 is 5.42. The molecule has 0 heterocycles. The molecule has 0 radical (unpaired) electrons. The van der Waals surface area contributed by atoms with Crippen LogP contribution in [0.25, 0.3) is 0 Å². The van der Waals surface area contributed by atoms with E-state index in [1.807, 2.05) is 0 Å². The van der Waals surface area contributed by atoms with E-state index >= 15 is 0 Å². The number of hydrogen-bond donors (Lipinski definition) is 1. The molecule has 26 heavy (non-hydrogen) atoms. The van der Waals surface area contributed by atoms with Gasteiger partial charge >= 0.3 is 0 Å². The first-order valence-electron chi connectivity index (χ1n) is 10.9. The SMILES string of the molecule is COC1CCC(OOCC2CC(C3CCCCC3)CCC2COO)CC1. The molecule has 0 saturated heterocycles. The first kappa shape index (κ1) is 20.5. The summed E-state index contributed by atoms with van der Waals surface area (Å²) in [5.74, 6) is 2.52. The van der Waals surface area contributed by atoms with Crippen molar-refractivity contribution in [3.63, 3.8) is 0 Å². The number of rotatable bonds is 8. The average molecular weight is 371 g/mol. The van der Waals surface area contributed by atoms with Crippen LogP contribution in [-0.2, 0) is 19.4 Å². The zero-order valence-corrected chi connectivity index (χ0v) is 16.4. The molecule has 3 unspecified atom stereocenters. The van der Waals surface area contributed by atoms with Crippen LogP contribution >= 0.6 is 0 Å². The van der Waals surface area contributed by atoms with E-state index in [0.717, 1.165) is 43.9 Å². The van der Waals surface area contributed by atoms with Crippen LogP contribution in [0.2, 0.25) is 0 Å². The maximum Gasteiger partial charge on any atom is 0.0931 e. The summed E-state index contributed by atoms with van der Waals surface area (Å²) in [6.45, 7) is 1.05. The van der Waals surface area contributed by atoms with Gasteiger partial charge in [0.2, 0.25) is 0 Å². The molecule has 5 heteroatoms. The highest BCUT2D eigenvalue weighted by atomic mass is 17.2. The van der Waals surface area contributed by atoms with Gasteiger partial charge in [0, 0.05) is 7.11 Å². The lowest BCUT2D eigenvalue weighted by Crippen LogP contribution is -2.35. The summed E-state index contributed by atoms with van der Waals surface area (Å²) in [5, 5.41) is 8.94. The van der Waals surface area contributed by atoms with Gasteiger partial charge in [0.25, 0.3) is 0 Å². The van der Waals surface area contributed by atoms with Gasteiger partial charge in [-0.1, -0.05) is 32.1 Å². The van der Waals surface area contributed by atoms with Crippen LogP contribution < -0.4 is 0 Å². The Hall–Kier alpha value is -0.200. The Labute approximate surface area is 158 Å². The Kier molecular flexibility index (Phi) is 8.66. The Morgan fingerprint density at radius 2 is 1.46 bits per heavy atom. The third-order valence-corrected chi connectivity index (χ3v) is 7.23. The van der Waals surface area contributed by atoms with Gasteiger partial charge in [0.05, 0.1) is 25.4 Å². The Morgan fingerprint density at radius 3 is 2.15 bits per heavy atom. The van der Waals surface area contributed by atoms with E-state index < -0.39 is 0 Å². The van der Waals surface area contributed by atoms with Crippen molar-refractivity contribution in [2.45, 2.75) is 89.3 Å². The highest BCUT2D eigenvalue weighted by Crippen LogP contribution is 2.42. The fourth-order valence-corrected chi connectivity index (χ4v) is 5.50. The minimum absolute atomic E-state index is 0.201. The molecule has 0 aromatic carbocycles. The fraction of sp³-hybridized carbons (Fsp3) is 1.00. The zero-order chi connectivity index (χ0) is 18.2. The molecule has 0 spiro atoms. The van der Waals surface area contributed by atoms with Crippen molar-refractivity contribution < 1.29 is 24.7 Å². The maximum atomic E-state index is 8.94. The third kappa shape index (κ3) is 5.90. The first-order valence-corrected chi connectivity index (χ1v) is 10.9. The monoisotopic (exact) mass is 370 g/mol. The van der Waals surface area contributed by atoms with Crippen LogP contribution in [0.4, 0.5) is 0 Å². The molecule has 5 nitrogen and oxygen atoms in total. The van der Waals surface area contributed by atoms with Crippen LogP contribution in [-0.4, -0.2) is 37.8 Å². The molecule has 3 saturated carbocycles. The molecule has 3 rings (SSSR count). The van der Waals surface area contributed by atoms with Crippen LogP contribution in [0.3, 0.4) is 0 Å². The lowest BCUT2D eigenvalue weighted by atomic mass is 9.67. The van der Waals surface area contributed by atoms with Crippen LogP contribution in [0.15, 0.2) is 0 Å². The number of hydrogen-bond acceptors (Lipinski definition) is 5. The van der Waals surface area contributed by atoms with Crippen LogP contribution in [0.1, 0.15) is 77.0 Å². The van der Waals surface area contributed by atoms with Gasteiger partial charge in [-0.05, 0) is 68.6 Å². The molecule has 1 N–H and O–H groups in total. The Morgan fingerprint density at radius 1 is 0.731 bits per heavy atom. The van der Waals surface area contributed by atoms with Crippen LogP contribution in [0.5, 0.6) is 0 Å². The molecule has 0 aromatic heterocycles. The highest BCUT2D eigenvalue weighted by molar-refractivity contribution is 4.84. The smallest absolute Gasteiger partial charge is 0.0931 e. The lowest BCUT2D eigenvalue weighted by molar-refractivity contribution is -0.341. The number of methoxy groups -OCH3 is 1. The highest BCUT2D eigenvalue weighted by Gasteiger charge is 2.35. The zero-order valence-electron chi connectivity index (χ0n) is 16.4. The summed E-state index contributed by atoms with van der Waals surface area (Å²) in [4.78, 5) is 15.9. The molecular formula is C21H38O5. The first-order chi connectivity index (χ1) is 12.8. The van der Waals surface area contributed by atoms with Crippen molar-refractivity contribution in [2.75, 3.05) is 20.3 Å². The van der Waals surface area contributed by atoms with Crippen molar-refractivity contribution in [1.29, 1.82) is 0 Å². The molecule has 3 fully saturated rings. The summed E-state index contributed by atoms with van der Waals surface area (Å²) >= 11 is 0. The Bertz CT molecular complexity index is 377. The van der Waals surface area contributed by atoms with Gasteiger partial charge in [-0.2, -0.15) is 0 Å². The van der Waals surface area contributed by atoms with Crippen molar-refractivity contribution in [2.24, 2.45) is 23.7 Å². The van der Waals surface area contributed by atoms with Gasteiger partial charge in [0.15, 0.2) is 0 Å². The van der Waals surface area contributed by atoms with E-state index in [-0.39, 0.29) is 6.10 Å². The molecule has 3 aliphatic rings. The minimum atomic E-state index is 0.201. The molecule has 3 aliphatic carbocycles. The molecule has 0 bridgehead atoms. The van der Waals surface area contributed by atoms with E-state index in [9.17, 15) is 0 Å². The van der Waals surface area contributed by atoms with E-state index in [2.05, 4.69) is 4.89 Å². The fourth-order valence-electron chi connectivity index (χ4n) is 5.50. The van der Waals surface area contributed by atoms with Gasteiger partial charge in [-0.3, -0.25) is 5.26 Å². The van der Waals surface area contributed by atoms with Crippen LogP contribution in [0, 0.1) is 23.7 Å². The summed E-state index contributed by atoms with van der Waals surface area (Å²) in [6, 6.07) is 0. The van der Waals surface area contributed by atoms with E-state index in [4.69, 9.17) is 19.8 Å². The summed E-state index contributed by atoms with van der Waals surface area (Å²) in [5.41, 5.74) is 0. The molecule has 152 valence electrons. The average Bonchev–Trinajstić information content (AvgIpc) is 2.70. The van der Waals surface area contributed by atoms with Crippen molar-refractivity contribution in [1.82, 2.24) is 0 Å². The van der Waals surface area contributed by atoms with E-state index in [1.54, 1.807) is 7.11 Å². The van der Waals surface area contributed by atoms with Gasteiger partial charge < -0.3 is 4.74 Å². The predicted octanol–water partition coefficient (Wildman–Crippen LogP) is 4.99. The topological polar surface area (TPSA) is 57.2 Å². The summed E-state index contributed by atoms with van der Waals surface area (Å²) in [6.07, 6.45) is 15.3. The van der Waals surface area contributed by atoms with Crippen molar-refractivity contribution >= 4 is 0 Å². The second-order valence-corrected chi connectivity index (χ2v) is 8.80. The minimum Gasteiger partial charge on any atom is -0.381 e. The predicted molar refractivity (Wildman–Crippen MR) is 99.6 cm³/mol. The molecule has 0 aromatic rings. The summed E-state index contributed by atoms with van der Waals surface area (Å²) in [7, 11) is 1.79. The second kappa shape index (κ2) is 11.0. The normalized spacial score (nSPS) is 36.9. The number of ether oxygens (including phenoxy) is 1. The Balaban J connectivity index is 1.43. The van der Waals surface area contributed by atoms with E-state index in [0.29, 0.717) is 31.2 Å². The van der Waals surface area contributed by atoms with E-state index in [1.165, 1.54) is 44.9 Å². The maximum absolute atomic E-state index is 8.94. The van der Waals surface area contributed by atoms with Crippen molar-refractivity contribution in [3.05, 3.63) is 0 Å². The van der Waals surface area contributed by atoms with Gasteiger partial charge in [-0.15, -0.1) is 0 Å². The standard InChI is InChI=1S/C21H38O5/c1-23-20-9-11-21(12-10-20)26-25-15-19-13-17(7-8-18(19)14-24-22)16-5-3-2-4-6-16/h16-22H,2-15H2,1H3. The molecule has 0 amide bonds. The van der Waals surface area contributed by atoms with Gasteiger partial charge in [-0.25, -0.2) is 14.7 Å². The molecule has 0 aliphatic heterocycles. The van der Waals surface area contributed by atoms with Gasteiger partial charge in [0.1, 0.15) is 0 Å². The quantitative estimate of drug-likeness (QED) is 0.481. The largest absolute Gasteiger partial charge is 0.381 e. The lowest BCUT2D eigenvalue weighted by Gasteiger charge is -2.40. The molecular weight excluding hydrogens is 332 g/mol. The second-order valence-electron chi connectivity index (χ2n) is 8.80. The van der Waals surface area contributed by atoms with Crippen molar-refractivity contribution in [3.8, 4) is 0 Å².